The normalized spacial score (nSPS) is 11.9. The van der Waals surface area contributed by atoms with E-state index >= 15 is 0 Å². The van der Waals surface area contributed by atoms with Crippen molar-refractivity contribution < 1.29 is 14.3 Å². The minimum atomic E-state index is 0.0518. The fourth-order valence-corrected chi connectivity index (χ4v) is 1.32. The highest BCUT2D eigenvalue weighted by Crippen LogP contribution is 2.14. The second-order valence-electron chi connectivity index (χ2n) is 4.00. The smallest absolute Gasteiger partial charge is 0.213 e. The van der Waals surface area contributed by atoms with Crippen molar-refractivity contribution in [1.29, 1.82) is 0 Å². The number of rotatable bonds is 8. The van der Waals surface area contributed by atoms with Crippen LogP contribution in [0.25, 0.3) is 0 Å². The lowest BCUT2D eigenvalue weighted by Gasteiger charge is -2.13. The van der Waals surface area contributed by atoms with E-state index in [0.717, 1.165) is 6.54 Å². The molecule has 5 heteroatoms. The summed E-state index contributed by atoms with van der Waals surface area (Å²) in [6.45, 7) is 4.62. The molecule has 100 valence electrons. The Morgan fingerprint density at radius 2 is 2.28 bits per heavy atom. The third kappa shape index (κ3) is 5.14. The van der Waals surface area contributed by atoms with Crippen LogP contribution in [0.2, 0.25) is 0 Å². The number of nitrogens with one attached hydrogen (secondary N) is 1. The third-order valence-corrected chi connectivity index (χ3v) is 2.32. The topological polar surface area (TPSA) is 60.5 Å². The van der Waals surface area contributed by atoms with Gasteiger partial charge >= 0.3 is 0 Å². The Kier molecular flexibility index (Phi) is 6.14. The number of pyridine rings is 1. The Hall–Kier alpha value is -1.62. The Balaban J connectivity index is 2.44. The fraction of sp³-hybridized carbons (Fsp3) is 0.538. The number of ketones is 1. The van der Waals surface area contributed by atoms with Crippen molar-refractivity contribution in [3.63, 3.8) is 0 Å². The van der Waals surface area contributed by atoms with Gasteiger partial charge in [-0.3, -0.25) is 4.79 Å². The molecule has 18 heavy (non-hydrogen) atoms. The number of Topliss-reactive ketones (excluding diaryl/α,β-unsaturated/α-hetero) is 1. The molecule has 1 rings (SSSR count). The zero-order chi connectivity index (χ0) is 13.4. The Bertz CT molecular complexity index is 365. The molecule has 0 aliphatic rings. The SMILES string of the molecule is CCC(=O)COc1ccc(O[C@H](C)CNC)nc1. The summed E-state index contributed by atoms with van der Waals surface area (Å²) in [4.78, 5) is 15.2. The van der Waals surface area contributed by atoms with Gasteiger partial charge in [-0.05, 0) is 20.0 Å². The molecule has 0 fully saturated rings. The number of ether oxygens (including phenoxy) is 2. The molecule has 0 aliphatic heterocycles. The second-order valence-corrected chi connectivity index (χ2v) is 4.00. The number of nitrogens with zero attached hydrogens (tertiary/aromatic N) is 1. The first kappa shape index (κ1) is 14.4. The van der Waals surface area contributed by atoms with Crippen molar-refractivity contribution in [3.05, 3.63) is 18.3 Å². The minimum Gasteiger partial charge on any atom is -0.484 e. The maximum absolute atomic E-state index is 11.1. The van der Waals surface area contributed by atoms with E-state index in [2.05, 4.69) is 10.3 Å². The number of aromatic nitrogens is 1. The molecule has 0 amide bonds. The first-order valence-electron chi connectivity index (χ1n) is 6.07. The summed E-state index contributed by atoms with van der Waals surface area (Å²) >= 11 is 0. The van der Waals surface area contributed by atoms with Crippen LogP contribution in [0.4, 0.5) is 0 Å². The maximum atomic E-state index is 11.1. The van der Waals surface area contributed by atoms with Gasteiger partial charge in [0.25, 0.3) is 0 Å². The lowest BCUT2D eigenvalue weighted by atomic mass is 10.3. The van der Waals surface area contributed by atoms with E-state index in [9.17, 15) is 4.79 Å². The van der Waals surface area contributed by atoms with Crippen molar-refractivity contribution in [3.8, 4) is 11.6 Å². The van der Waals surface area contributed by atoms with Crippen molar-refractivity contribution in [1.82, 2.24) is 10.3 Å². The summed E-state index contributed by atoms with van der Waals surface area (Å²) in [7, 11) is 1.87. The summed E-state index contributed by atoms with van der Waals surface area (Å²) < 4.78 is 10.8. The van der Waals surface area contributed by atoms with Gasteiger partial charge in [-0.15, -0.1) is 0 Å². The minimum absolute atomic E-state index is 0.0518. The molecule has 0 saturated carbocycles. The third-order valence-electron chi connectivity index (χ3n) is 2.32. The Morgan fingerprint density at radius 1 is 1.50 bits per heavy atom. The van der Waals surface area contributed by atoms with E-state index in [1.807, 2.05) is 20.9 Å². The Labute approximate surface area is 108 Å². The highest BCUT2D eigenvalue weighted by Gasteiger charge is 2.05. The number of carbonyl (C=O) groups is 1. The largest absolute Gasteiger partial charge is 0.484 e. The van der Waals surface area contributed by atoms with Crippen LogP contribution in [0, 0.1) is 0 Å². The molecular formula is C13H20N2O3. The lowest BCUT2D eigenvalue weighted by Crippen LogP contribution is -2.26. The zero-order valence-electron chi connectivity index (χ0n) is 11.1. The van der Waals surface area contributed by atoms with Gasteiger partial charge < -0.3 is 14.8 Å². The molecule has 1 heterocycles. The maximum Gasteiger partial charge on any atom is 0.213 e. The first-order valence-corrected chi connectivity index (χ1v) is 6.07. The summed E-state index contributed by atoms with van der Waals surface area (Å²) in [6, 6.07) is 3.48. The highest BCUT2D eigenvalue weighted by atomic mass is 16.5. The summed E-state index contributed by atoms with van der Waals surface area (Å²) in [6.07, 6.45) is 2.09. The molecule has 1 aromatic heterocycles. The molecule has 0 aliphatic carbocycles. The number of hydrogen-bond donors (Lipinski definition) is 1. The lowest BCUT2D eigenvalue weighted by molar-refractivity contribution is -0.120. The molecule has 5 nitrogen and oxygen atoms in total. The quantitative estimate of drug-likeness (QED) is 0.758. The van der Waals surface area contributed by atoms with Gasteiger partial charge in [0.05, 0.1) is 6.20 Å². The van der Waals surface area contributed by atoms with Crippen LogP contribution in [-0.2, 0) is 4.79 Å². The van der Waals surface area contributed by atoms with Crippen molar-refractivity contribution >= 4 is 5.78 Å². The highest BCUT2D eigenvalue weighted by molar-refractivity contribution is 5.79. The molecular weight excluding hydrogens is 232 g/mol. The predicted octanol–water partition coefficient (Wildman–Crippen LogP) is 1.43. The van der Waals surface area contributed by atoms with E-state index in [0.29, 0.717) is 18.1 Å². The van der Waals surface area contributed by atoms with Crippen molar-refractivity contribution in [2.45, 2.75) is 26.4 Å². The van der Waals surface area contributed by atoms with Gasteiger partial charge in [-0.2, -0.15) is 0 Å². The van der Waals surface area contributed by atoms with Crippen LogP contribution in [0.5, 0.6) is 11.6 Å². The number of likely N-dealkylation sites (N-methyl/N-ethyl adjacent to an activating group) is 1. The van der Waals surface area contributed by atoms with Crippen LogP contribution < -0.4 is 14.8 Å². The van der Waals surface area contributed by atoms with Gasteiger partial charge in [-0.25, -0.2) is 4.98 Å². The Morgan fingerprint density at radius 3 is 2.83 bits per heavy atom. The van der Waals surface area contributed by atoms with Crippen molar-refractivity contribution in [2.75, 3.05) is 20.2 Å². The molecule has 0 saturated heterocycles. The van der Waals surface area contributed by atoms with Gasteiger partial charge in [-0.1, -0.05) is 6.92 Å². The number of carbonyl (C=O) groups excluding carboxylic acids is 1. The van der Waals surface area contributed by atoms with E-state index in [1.54, 1.807) is 18.3 Å². The molecule has 1 atom stereocenters. The van der Waals surface area contributed by atoms with Crippen molar-refractivity contribution in [2.24, 2.45) is 0 Å². The van der Waals surface area contributed by atoms with E-state index in [-0.39, 0.29) is 18.5 Å². The fourth-order valence-electron chi connectivity index (χ4n) is 1.32. The molecule has 1 N–H and O–H groups in total. The van der Waals surface area contributed by atoms with Crippen LogP contribution in [0.1, 0.15) is 20.3 Å². The monoisotopic (exact) mass is 252 g/mol. The van der Waals surface area contributed by atoms with E-state index < -0.39 is 0 Å². The number of hydrogen-bond acceptors (Lipinski definition) is 5. The van der Waals surface area contributed by atoms with E-state index in [1.165, 1.54) is 0 Å². The second kappa shape index (κ2) is 7.66. The standard InChI is InChI=1S/C13H20N2O3/c1-4-11(16)9-17-12-5-6-13(15-8-12)18-10(2)7-14-3/h5-6,8,10,14H,4,7,9H2,1-3H3/t10-/m1/s1. The summed E-state index contributed by atoms with van der Waals surface area (Å²) in [5.74, 6) is 1.19. The van der Waals surface area contributed by atoms with Crippen LogP contribution in [0.15, 0.2) is 18.3 Å². The van der Waals surface area contributed by atoms with Gasteiger partial charge in [0.1, 0.15) is 18.5 Å². The summed E-state index contributed by atoms with van der Waals surface area (Å²) in [5, 5.41) is 3.02. The van der Waals surface area contributed by atoms with Crippen LogP contribution in [0.3, 0.4) is 0 Å². The average molecular weight is 252 g/mol. The van der Waals surface area contributed by atoms with Gasteiger partial charge in [0.2, 0.25) is 5.88 Å². The van der Waals surface area contributed by atoms with Gasteiger partial charge in [0, 0.05) is 19.0 Å². The molecule has 0 spiro atoms. The molecule has 1 aromatic rings. The summed E-state index contributed by atoms with van der Waals surface area (Å²) in [5.41, 5.74) is 0. The van der Waals surface area contributed by atoms with E-state index in [4.69, 9.17) is 9.47 Å². The average Bonchev–Trinajstić information content (AvgIpc) is 2.37. The van der Waals surface area contributed by atoms with Crippen LogP contribution >= 0.6 is 0 Å². The van der Waals surface area contributed by atoms with Crippen LogP contribution in [-0.4, -0.2) is 37.1 Å². The first-order chi connectivity index (χ1) is 8.65. The molecule has 0 unspecified atom stereocenters. The molecule has 0 radical (unpaired) electrons. The van der Waals surface area contributed by atoms with Gasteiger partial charge in [0.15, 0.2) is 5.78 Å². The predicted molar refractivity (Wildman–Crippen MR) is 69.0 cm³/mol. The molecule has 0 aromatic carbocycles. The molecule has 0 bridgehead atoms. The zero-order valence-corrected chi connectivity index (χ0v) is 11.1.